The fraction of sp³-hybridized carbons (Fsp3) is 0.0909. The molecule has 0 fully saturated rings. The molecular formula is C11H8O5. The number of fused-ring (bicyclic) bond motifs is 1. The summed E-state index contributed by atoms with van der Waals surface area (Å²) in [6.45, 7) is 1.85. The summed E-state index contributed by atoms with van der Waals surface area (Å²) in [5, 5.41) is 8.79. The van der Waals surface area contributed by atoms with Gasteiger partial charge in [-0.1, -0.05) is 11.6 Å². The largest absolute Gasteiger partial charge is 0.513 e. The summed E-state index contributed by atoms with van der Waals surface area (Å²) in [4.78, 5) is 21.9. The minimum Gasteiger partial charge on any atom is -0.449 e. The lowest BCUT2D eigenvalue weighted by Gasteiger charge is -2.01. The first kappa shape index (κ1) is 10.2. The van der Waals surface area contributed by atoms with E-state index in [1.54, 1.807) is 18.2 Å². The van der Waals surface area contributed by atoms with Crippen LogP contribution in [0.4, 0.5) is 4.79 Å². The zero-order chi connectivity index (χ0) is 11.7. The van der Waals surface area contributed by atoms with E-state index in [1.165, 1.54) is 0 Å². The van der Waals surface area contributed by atoms with Gasteiger partial charge in [0.05, 0.1) is 11.5 Å². The number of carboxylic acid groups (broad SMARTS) is 1. The number of carbonyl (C=O) groups is 1. The molecule has 0 aliphatic heterocycles. The first-order valence-corrected chi connectivity index (χ1v) is 4.51. The topological polar surface area (TPSA) is 76.7 Å². The summed E-state index contributed by atoms with van der Waals surface area (Å²) in [6, 6.07) is 6.04. The molecule has 0 saturated carbocycles. The van der Waals surface area contributed by atoms with Crippen LogP contribution in [0.3, 0.4) is 0 Å². The van der Waals surface area contributed by atoms with E-state index in [9.17, 15) is 9.59 Å². The number of rotatable bonds is 1. The van der Waals surface area contributed by atoms with Gasteiger partial charge >= 0.3 is 6.16 Å². The van der Waals surface area contributed by atoms with Crippen LogP contribution < -0.4 is 10.2 Å². The minimum absolute atomic E-state index is 0.300. The molecule has 0 spiro atoms. The standard InChI is InChI=1S/C11H8O5/c1-6-2-3-9-7(4-6)8(12)5-10(15-9)16-11(13)14/h2-5H,1H3,(H,13,14). The maximum atomic E-state index is 11.6. The van der Waals surface area contributed by atoms with E-state index in [-0.39, 0.29) is 11.4 Å². The Bertz CT molecular complexity index is 611. The molecule has 2 aromatic rings. The molecule has 5 nitrogen and oxygen atoms in total. The summed E-state index contributed by atoms with van der Waals surface area (Å²) < 4.78 is 9.39. The van der Waals surface area contributed by atoms with Crippen molar-refractivity contribution in [2.75, 3.05) is 0 Å². The number of aryl methyl sites for hydroxylation is 1. The van der Waals surface area contributed by atoms with Gasteiger partial charge in [-0.15, -0.1) is 0 Å². The van der Waals surface area contributed by atoms with Crippen LogP contribution in [0.1, 0.15) is 5.56 Å². The Morgan fingerprint density at radius 1 is 1.38 bits per heavy atom. The summed E-state index contributed by atoms with van der Waals surface area (Å²) in [5.74, 6) is -0.325. The van der Waals surface area contributed by atoms with Crippen LogP contribution in [0.25, 0.3) is 11.0 Å². The van der Waals surface area contributed by atoms with Gasteiger partial charge in [0.15, 0.2) is 5.43 Å². The maximum absolute atomic E-state index is 11.6. The molecule has 1 heterocycles. The van der Waals surface area contributed by atoms with Crippen molar-refractivity contribution in [1.29, 1.82) is 0 Å². The van der Waals surface area contributed by atoms with Crippen molar-refractivity contribution < 1.29 is 19.1 Å². The summed E-state index contributed by atoms with van der Waals surface area (Å²) >= 11 is 0. The molecule has 1 N–H and O–H groups in total. The minimum atomic E-state index is -1.52. The Morgan fingerprint density at radius 3 is 2.81 bits per heavy atom. The van der Waals surface area contributed by atoms with Crippen LogP contribution in [0.2, 0.25) is 0 Å². The summed E-state index contributed by atoms with van der Waals surface area (Å²) in [7, 11) is 0. The van der Waals surface area contributed by atoms with E-state index in [0.717, 1.165) is 11.6 Å². The lowest BCUT2D eigenvalue weighted by Crippen LogP contribution is -2.07. The molecule has 0 atom stereocenters. The van der Waals surface area contributed by atoms with Crippen molar-refractivity contribution in [2.45, 2.75) is 6.92 Å². The van der Waals surface area contributed by atoms with Gasteiger partial charge in [-0.2, -0.15) is 0 Å². The molecule has 0 amide bonds. The van der Waals surface area contributed by atoms with Crippen molar-refractivity contribution in [1.82, 2.24) is 0 Å². The van der Waals surface area contributed by atoms with Gasteiger partial charge in [-0.25, -0.2) is 4.79 Å². The van der Waals surface area contributed by atoms with Crippen molar-refractivity contribution in [2.24, 2.45) is 0 Å². The van der Waals surface area contributed by atoms with Crippen LogP contribution in [-0.2, 0) is 0 Å². The highest BCUT2D eigenvalue weighted by Crippen LogP contribution is 2.18. The van der Waals surface area contributed by atoms with Gasteiger partial charge in [0, 0.05) is 0 Å². The Labute approximate surface area is 89.9 Å². The summed E-state index contributed by atoms with van der Waals surface area (Å²) in [5.41, 5.74) is 0.891. The molecule has 82 valence electrons. The van der Waals surface area contributed by atoms with Gasteiger partial charge in [0.25, 0.3) is 5.95 Å². The predicted octanol–water partition coefficient (Wildman–Crippen LogP) is 2.16. The molecule has 16 heavy (non-hydrogen) atoms. The molecule has 1 aromatic carbocycles. The molecule has 0 radical (unpaired) electrons. The fourth-order valence-electron chi connectivity index (χ4n) is 1.38. The van der Waals surface area contributed by atoms with E-state index >= 15 is 0 Å². The van der Waals surface area contributed by atoms with Crippen LogP contribution in [0.15, 0.2) is 33.5 Å². The molecule has 2 rings (SSSR count). The SMILES string of the molecule is Cc1ccc2oc(OC(=O)O)cc(=O)c2c1. The average molecular weight is 220 g/mol. The lowest BCUT2D eigenvalue weighted by atomic mass is 10.1. The van der Waals surface area contributed by atoms with E-state index in [4.69, 9.17) is 9.52 Å². The highest BCUT2D eigenvalue weighted by atomic mass is 16.7. The molecule has 5 heteroatoms. The van der Waals surface area contributed by atoms with Gasteiger partial charge in [0.1, 0.15) is 5.58 Å². The molecule has 0 aliphatic carbocycles. The van der Waals surface area contributed by atoms with Crippen molar-refractivity contribution >= 4 is 17.1 Å². The Balaban J connectivity index is 2.64. The normalized spacial score (nSPS) is 10.3. The third-order valence-electron chi connectivity index (χ3n) is 2.05. The Hall–Kier alpha value is -2.30. The third-order valence-corrected chi connectivity index (χ3v) is 2.05. The quantitative estimate of drug-likeness (QED) is 0.745. The zero-order valence-electron chi connectivity index (χ0n) is 8.39. The first-order chi connectivity index (χ1) is 7.56. The second-order valence-electron chi connectivity index (χ2n) is 3.30. The van der Waals surface area contributed by atoms with E-state index in [1.807, 2.05) is 6.92 Å². The number of benzene rings is 1. The van der Waals surface area contributed by atoms with Crippen molar-refractivity contribution in [3.05, 3.63) is 40.1 Å². The molecule has 0 bridgehead atoms. The highest BCUT2D eigenvalue weighted by Gasteiger charge is 2.08. The number of ether oxygens (including phenoxy) is 1. The molecular weight excluding hydrogens is 212 g/mol. The van der Waals surface area contributed by atoms with Crippen LogP contribution in [0.5, 0.6) is 5.95 Å². The number of hydrogen-bond donors (Lipinski definition) is 1. The van der Waals surface area contributed by atoms with Gasteiger partial charge in [-0.05, 0) is 19.1 Å². The van der Waals surface area contributed by atoms with E-state index in [0.29, 0.717) is 11.0 Å². The first-order valence-electron chi connectivity index (χ1n) is 4.51. The van der Waals surface area contributed by atoms with Crippen LogP contribution >= 0.6 is 0 Å². The maximum Gasteiger partial charge on any atom is 0.513 e. The average Bonchev–Trinajstić information content (AvgIpc) is 2.18. The molecule has 0 unspecified atom stereocenters. The smallest absolute Gasteiger partial charge is 0.449 e. The molecule has 1 aromatic heterocycles. The molecule has 0 saturated heterocycles. The van der Waals surface area contributed by atoms with Gasteiger partial charge in [0.2, 0.25) is 0 Å². The van der Waals surface area contributed by atoms with Crippen molar-refractivity contribution in [3.63, 3.8) is 0 Å². The highest BCUT2D eigenvalue weighted by molar-refractivity contribution is 5.77. The predicted molar refractivity (Wildman–Crippen MR) is 55.9 cm³/mol. The van der Waals surface area contributed by atoms with Crippen LogP contribution in [0, 0.1) is 6.92 Å². The van der Waals surface area contributed by atoms with E-state index in [2.05, 4.69) is 4.74 Å². The zero-order valence-corrected chi connectivity index (χ0v) is 8.39. The van der Waals surface area contributed by atoms with E-state index < -0.39 is 6.16 Å². The number of hydrogen-bond acceptors (Lipinski definition) is 4. The molecule has 0 aliphatic rings. The van der Waals surface area contributed by atoms with Crippen molar-refractivity contribution in [3.8, 4) is 5.95 Å². The second kappa shape index (κ2) is 3.69. The van der Waals surface area contributed by atoms with Gasteiger partial charge < -0.3 is 14.3 Å². The lowest BCUT2D eigenvalue weighted by molar-refractivity contribution is 0.133. The Kier molecular flexibility index (Phi) is 2.36. The second-order valence-corrected chi connectivity index (χ2v) is 3.30. The van der Waals surface area contributed by atoms with Crippen LogP contribution in [-0.4, -0.2) is 11.3 Å². The summed E-state index contributed by atoms with van der Waals surface area (Å²) in [6.07, 6.45) is -1.52. The Morgan fingerprint density at radius 2 is 2.12 bits per heavy atom. The van der Waals surface area contributed by atoms with Gasteiger partial charge in [-0.3, -0.25) is 4.79 Å². The third kappa shape index (κ3) is 1.88. The monoisotopic (exact) mass is 220 g/mol. The fourth-order valence-corrected chi connectivity index (χ4v) is 1.38.